The Hall–Kier alpha value is -4.91. The quantitative estimate of drug-likeness (QED) is 0.197. The molecule has 0 saturated carbocycles. The number of imide groups is 1. The van der Waals surface area contributed by atoms with Crippen LogP contribution in [0.3, 0.4) is 0 Å². The van der Waals surface area contributed by atoms with Gasteiger partial charge in [-0.15, -0.1) is 0 Å². The summed E-state index contributed by atoms with van der Waals surface area (Å²) in [4.78, 5) is 43.2. The number of ether oxygens (including phenoxy) is 3. The summed E-state index contributed by atoms with van der Waals surface area (Å²) in [6, 6.07) is 24.5. The van der Waals surface area contributed by atoms with Gasteiger partial charge in [-0.3, -0.25) is 14.4 Å². The van der Waals surface area contributed by atoms with Crippen LogP contribution >= 0.6 is 0 Å². The maximum atomic E-state index is 14.1. The number of nitrogens with zero attached hydrogens (tertiary/aromatic N) is 1. The highest BCUT2D eigenvalue weighted by molar-refractivity contribution is 6.24. The molecule has 0 unspecified atom stereocenters. The number of anilines is 1. The summed E-state index contributed by atoms with van der Waals surface area (Å²) in [7, 11) is 0. The Kier molecular flexibility index (Phi) is 4.77. The van der Waals surface area contributed by atoms with Crippen molar-refractivity contribution in [1.29, 1.82) is 0 Å². The number of fused-ring (bicyclic) bond motifs is 8. The topological polar surface area (TPSA) is 82.1 Å². The van der Waals surface area contributed by atoms with Gasteiger partial charge >= 0.3 is 5.97 Å². The maximum Gasteiger partial charge on any atom is 0.319 e. The molecule has 3 aliphatic heterocycles. The Morgan fingerprint density at radius 1 is 0.800 bits per heavy atom. The largest absolute Gasteiger partial charge is 0.454 e. The predicted octanol–water partition coefficient (Wildman–Crippen LogP) is 5.40. The lowest BCUT2D eigenvalue weighted by Crippen LogP contribution is -2.42. The second-order valence-corrected chi connectivity index (χ2v) is 10.7. The van der Waals surface area contributed by atoms with Gasteiger partial charge < -0.3 is 14.2 Å². The average Bonchev–Trinajstić information content (AvgIpc) is 3.55. The predicted molar refractivity (Wildman–Crippen MR) is 147 cm³/mol. The van der Waals surface area contributed by atoms with Crippen molar-refractivity contribution in [2.75, 3.05) is 11.7 Å². The monoisotopic (exact) mass is 529 g/mol. The van der Waals surface area contributed by atoms with Crippen molar-refractivity contribution in [3.8, 4) is 17.2 Å². The zero-order valence-corrected chi connectivity index (χ0v) is 21.5. The second-order valence-electron chi connectivity index (χ2n) is 10.7. The van der Waals surface area contributed by atoms with Crippen LogP contribution in [-0.4, -0.2) is 24.6 Å². The van der Waals surface area contributed by atoms with Crippen molar-refractivity contribution < 1.29 is 28.6 Å². The minimum Gasteiger partial charge on any atom is -0.454 e. The first-order valence-electron chi connectivity index (χ1n) is 13.3. The molecular formula is C33H23NO6. The van der Waals surface area contributed by atoms with Crippen molar-refractivity contribution in [1.82, 2.24) is 0 Å². The maximum absolute atomic E-state index is 14.1. The van der Waals surface area contributed by atoms with Gasteiger partial charge in [-0.25, -0.2) is 4.90 Å². The molecule has 0 N–H and O–H groups in total. The van der Waals surface area contributed by atoms with Crippen molar-refractivity contribution in [3.05, 3.63) is 102 Å². The summed E-state index contributed by atoms with van der Waals surface area (Å²) in [5.74, 6) is -2.56. The Balaban J connectivity index is 1.34. The molecule has 0 aromatic heterocycles. The first-order valence-corrected chi connectivity index (χ1v) is 13.3. The van der Waals surface area contributed by atoms with Crippen LogP contribution in [0.2, 0.25) is 0 Å². The number of hydrogen-bond acceptors (Lipinski definition) is 6. The van der Waals surface area contributed by atoms with E-state index >= 15 is 0 Å². The van der Waals surface area contributed by atoms with Gasteiger partial charge in [0.15, 0.2) is 11.5 Å². The molecule has 0 spiro atoms. The molecule has 4 aromatic rings. The number of esters is 1. The molecule has 1 fully saturated rings. The zero-order valence-electron chi connectivity index (χ0n) is 21.5. The van der Waals surface area contributed by atoms with Crippen LogP contribution in [0.15, 0.2) is 84.9 Å². The Bertz CT molecular complexity index is 1810. The Morgan fingerprint density at radius 3 is 2.42 bits per heavy atom. The lowest BCUT2D eigenvalue weighted by Gasteiger charge is -2.38. The molecule has 1 saturated heterocycles. The summed E-state index contributed by atoms with van der Waals surface area (Å²) in [6.45, 7) is 2.08. The number of aryl methyl sites for hydroxylation is 1. The minimum atomic E-state index is -0.906. The number of allylic oxidation sites excluding steroid dienone is 1. The molecule has 8 rings (SSSR count). The van der Waals surface area contributed by atoms with Gasteiger partial charge in [0.05, 0.1) is 23.4 Å². The van der Waals surface area contributed by atoms with E-state index in [2.05, 4.69) is 0 Å². The molecule has 196 valence electrons. The fourth-order valence-electron chi connectivity index (χ4n) is 6.68. The van der Waals surface area contributed by atoms with Gasteiger partial charge in [0, 0.05) is 16.9 Å². The molecule has 7 heteroatoms. The van der Waals surface area contributed by atoms with Gasteiger partial charge in [0.1, 0.15) is 5.75 Å². The van der Waals surface area contributed by atoms with Gasteiger partial charge in [0.2, 0.25) is 18.6 Å². The second kappa shape index (κ2) is 8.29. The van der Waals surface area contributed by atoms with Crippen LogP contribution in [0.4, 0.5) is 5.69 Å². The van der Waals surface area contributed by atoms with Crippen molar-refractivity contribution in [2.45, 2.75) is 12.8 Å². The molecule has 2 amide bonds. The Labute approximate surface area is 229 Å². The van der Waals surface area contributed by atoms with E-state index in [4.69, 9.17) is 14.2 Å². The normalized spacial score (nSPS) is 24.4. The van der Waals surface area contributed by atoms with E-state index < -0.39 is 29.6 Å². The zero-order chi connectivity index (χ0) is 27.1. The molecule has 0 radical (unpaired) electrons. The number of amides is 2. The van der Waals surface area contributed by atoms with E-state index in [0.717, 1.165) is 27.5 Å². The highest BCUT2D eigenvalue weighted by Gasteiger charge is 2.60. The van der Waals surface area contributed by atoms with Crippen LogP contribution in [0.1, 0.15) is 22.6 Å². The molecule has 4 aromatic carbocycles. The number of rotatable bonds is 2. The summed E-state index contributed by atoms with van der Waals surface area (Å²) in [5, 5.41) is 1.77. The van der Waals surface area contributed by atoms with Gasteiger partial charge in [-0.05, 0) is 47.7 Å². The van der Waals surface area contributed by atoms with Crippen LogP contribution in [0.25, 0.3) is 16.3 Å². The molecule has 7 nitrogen and oxygen atoms in total. The van der Waals surface area contributed by atoms with E-state index in [1.807, 2.05) is 79.7 Å². The third-order valence-electron chi connectivity index (χ3n) is 8.56. The third kappa shape index (κ3) is 3.14. The SMILES string of the molecule is Cc1ccc(N2C(=O)[C@@H]3[C@@H]4C(=O)Oc5c(ccc6ccccc56)C4=C[C@H](c4ccc5c(c4)OCO5)[C@@H]3C2=O)cc1. The molecule has 1 aliphatic carbocycles. The fourth-order valence-corrected chi connectivity index (χ4v) is 6.68. The van der Waals surface area contributed by atoms with E-state index in [1.54, 1.807) is 12.1 Å². The average molecular weight is 530 g/mol. The molecular weight excluding hydrogens is 506 g/mol. The summed E-state index contributed by atoms with van der Waals surface area (Å²) in [5.41, 5.74) is 3.81. The van der Waals surface area contributed by atoms with Gasteiger partial charge in [-0.2, -0.15) is 0 Å². The standard InChI is InChI=1S/C33H23NO6/c1-17-6-10-20(11-7-17)34-31(35)27-23(19-9-13-25-26(14-19)39-16-38-25)15-24-22-12-8-18-4-2-3-5-21(18)30(22)40-33(37)28(24)29(27)32(34)36/h2-15,23,27-29H,16H2,1H3/t23-,27+,28-,29+/m1/s1. The van der Waals surface area contributed by atoms with Gasteiger partial charge in [0.25, 0.3) is 0 Å². The first kappa shape index (κ1) is 23.0. The van der Waals surface area contributed by atoms with Gasteiger partial charge in [-0.1, -0.05) is 66.2 Å². The van der Waals surface area contributed by atoms with Crippen LogP contribution in [-0.2, 0) is 14.4 Å². The summed E-state index contributed by atoms with van der Waals surface area (Å²) < 4.78 is 17.1. The lowest BCUT2D eigenvalue weighted by molar-refractivity contribution is -0.142. The summed E-state index contributed by atoms with van der Waals surface area (Å²) >= 11 is 0. The van der Waals surface area contributed by atoms with Crippen molar-refractivity contribution >= 4 is 39.8 Å². The van der Waals surface area contributed by atoms with Crippen LogP contribution < -0.4 is 19.1 Å². The van der Waals surface area contributed by atoms with Crippen molar-refractivity contribution in [3.63, 3.8) is 0 Å². The molecule has 4 aliphatic rings. The van der Waals surface area contributed by atoms with E-state index in [9.17, 15) is 14.4 Å². The van der Waals surface area contributed by atoms with Crippen LogP contribution in [0, 0.1) is 24.7 Å². The Morgan fingerprint density at radius 2 is 1.57 bits per heavy atom. The number of carbonyl (C=O) groups is 3. The van der Waals surface area contributed by atoms with Crippen LogP contribution in [0.5, 0.6) is 17.2 Å². The van der Waals surface area contributed by atoms with E-state index in [0.29, 0.717) is 28.5 Å². The molecule has 40 heavy (non-hydrogen) atoms. The van der Waals surface area contributed by atoms with Crippen molar-refractivity contribution in [2.24, 2.45) is 17.8 Å². The molecule has 3 heterocycles. The number of carbonyl (C=O) groups excluding carboxylic acids is 3. The number of benzene rings is 4. The van der Waals surface area contributed by atoms with E-state index in [1.165, 1.54) is 4.90 Å². The lowest BCUT2D eigenvalue weighted by atomic mass is 9.64. The summed E-state index contributed by atoms with van der Waals surface area (Å²) in [6.07, 6.45) is 1.99. The molecule has 4 atom stereocenters. The first-order chi connectivity index (χ1) is 19.5. The third-order valence-corrected chi connectivity index (χ3v) is 8.56. The highest BCUT2D eigenvalue weighted by Crippen LogP contribution is 2.56. The highest BCUT2D eigenvalue weighted by atomic mass is 16.7. The van der Waals surface area contributed by atoms with E-state index in [-0.39, 0.29) is 18.6 Å². The molecule has 0 bridgehead atoms. The minimum absolute atomic E-state index is 0.129. The number of hydrogen-bond donors (Lipinski definition) is 0. The fraction of sp³-hybridized carbons (Fsp3) is 0.182. The smallest absolute Gasteiger partial charge is 0.319 e.